The molecule has 1 aliphatic heterocycles. The van der Waals surface area contributed by atoms with Gasteiger partial charge in [-0.15, -0.1) is 10.2 Å². The number of methoxy groups -OCH3 is 2. The van der Waals surface area contributed by atoms with Crippen LogP contribution in [0.3, 0.4) is 0 Å². The maximum absolute atomic E-state index is 13.0. The van der Waals surface area contributed by atoms with E-state index < -0.39 is 5.25 Å². The van der Waals surface area contributed by atoms with Crippen LogP contribution in [0.2, 0.25) is 0 Å². The average molecular weight is 468 g/mol. The van der Waals surface area contributed by atoms with Crippen molar-refractivity contribution < 1.29 is 14.3 Å². The van der Waals surface area contributed by atoms with Gasteiger partial charge in [-0.2, -0.15) is 0 Å². The predicted molar refractivity (Wildman–Crippen MR) is 131 cm³/mol. The van der Waals surface area contributed by atoms with Crippen LogP contribution in [-0.4, -0.2) is 53.2 Å². The number of nitrogens with one attached hydrogen (secondary N) is 1. The molecule has 1 fully saturated rings. The van der Waals surface area contributed by atoms with E-state index in [4.69, 9.17) is 9.47 Å². The van der Waals surface area contributed by atoms with Crippen LogP contribution in [-0.2, 0) is 4.79 Å². The smallest absolute Gasteiger partial charge is 0.237 e. The first-order valence-corrected chi connectivity index (χ1v) is 11.8. The topological polar surface area (TPSA) is 81.5 Å². The second kappa shape index (κ2) is 10.2. The maximum Gasteiger partial charge on any atom is 0.237 e. The van der Waals surface area contributed by atoms with Gasteiger partial charge in [-0.05, 0) is 51.0 Å². The van der Waals surface area contributed by atoms with Gasteiger partial charge in [0.2, 0.25) is 11.9 Å². The number of nitrogens with zero attached hydrogens (tertiary/aromatic N) is 4. The molecule has 4 rings (SSSR count). The number of benzene rings is 2. The Labute approximate surface area is 198 Å². The Bertz CT molecular complexity index is 1110. The molecule has 1 aliphatic rings. The lowest BCUT2D eigenvalue weighted by Gasteiger charge is -2.19. The van der Waals surface area contributed by atoms with Gasteiger partial charge in [0.1, 0.15) is 0 Å². The fourth-order valence-corrected chi connectivity index (χ4v) is 4.61. The number of rotatable bonds is 8. The first-order valence-electron chi connectivity index (χ1n) is 11.0. The molecule has 1 amide bonds. The summed E-state index contributed by atoms with van der Waals surface area (Å²) in [7, 11) is 3.15. The van der Waals surface area contributed by atoms with Crippen LogP contribution in [0, 0.1) is 6.92 Å². The lowest BCUT2D eigenvalue weighted by molar-refractivity contribution is -0.115. The minimum Gasteiger partial charge on any atom is -0.493 e. The van der Waals surface area contributed by atoms with Crippen molar-refractivity contribution in [2.75, 3.05) is 37.5 Å². The van der Waals surface area contributed by atoms with Crippen LogP contribution in [0.1, 0.15) is 25.3 Å². The van der Waals surface area contributed by atoms with Crippen LogP contribution in [0.5, 0.6) is 11.5 Å². The fourth-order valence-electron chi connectivity index (χ4n) is 3.75. The molecule has 1 saturated heterocycles. The molecule has 1 atom stereocenters. The molecule has 0 spiro atoms. The van der Waals surface area contributed by atoms with Crippen molar-refractivity contribution in [2.24, 2.45) is 0 Å². The predicted octanol–water partition coefficient (Wildman–Crippen LogP) is 4.31. The van der Waals surface area contributed by atoms with E-state index in [1.807, 2.05) is 6.92 Å². The third kappa shape index (κ3) is 5.08. The van der Waals surface area contributed by atoms with Gasteiger partial charge in [-0.1, -0.05) is 29.5 Å². The molecular weight excluding hydrogens is 438 g/mol. The van der Waals surface area contributed by atoms with Crippen LogP contribution in [0.15, 0.2) is 47.6 Å². The summed E-state index contributed by atoms with van der Waals surface area (Å²) in [5, 5.41) is 12.2. The highest BCUT2D eigenvalue weighted by Crippen LogP contribution is 2.32. The molecule has 3 aromatic rings. The number of hydrogen-bond donors (Lipinski definition) is 1. The van der Waals surface area contributed by atoms with Crippen molar-refractivity contribution in [1.82, 2.24) is 14.8 Å². The molecule has 174 valence electrons. The highest BCUT2D eigenvalue weighted by Gasteiger charge is 2.25. The average Bonchev–Trinajstić information content (AvgIpc) is 3.49. The van der Waals surface area contributed by atoms with Gasteiger partial charge < -0.3 is 19.7 Å². The highest BCUT2D eigenvalue weighted by atomic mass is 32.2. The van der Waals surface area contributed by atoms with E-state index in [9.17, 15) is 4.79 Å². The minimum absolute atomic E-state index is 0.131. The molecule has 0 saturated carbocycles. The lowest BCUT2D eigenvalue weighted by Crippen LogP contribution is -2.24. The number of anilines is 2. The number of ether oxygens (including phenoxy) is 2. The summed E-state index contributed by atoms with van der Waals surface area (Å²) in [6.07, 6.45) is 2.29. The first kappa shape index (κ1) is 23.0. The minimum atomic E-state index is -0.391. The normalized spacial score (nSPS) is 14.2. The Kier molecular flexibility index (Phi) is 7.08. The molecule has 2 aromatic carbocycles. The van der Waals surface area contributed by atoms with Gasteiger partial charge in [0.15, 0.2) is 16.7 Å². The van der Waals surface area contributed by atoms with E-state index in [1.165, 1.54) is 17.3 Å². The number of aromatic nitrogens is 3. The number of hydrogen-bond acceptors (Lipinski definition) is 7. The zero-order valence-corrected chi connectivity index (χ0v) is 20.2. The number of amides is 1. The van der Waals surface area contributed by atoms with Crippen LogP contribution in [0.25, 0.3) is 5.69 Å². The molecule has 1 aromatic heterocycles. The zero-order chi connectivity index (χ0) is 23.4. The number of carbonyl (C=O) groups is 1. The summed E-state index contributed by atoms with van der Waals surface area (Å²) in [6.45, 7) is 5.85. The van der Waals surface area contributed by atoms with E-state index in [0.717, 1.165) is 37.6 Å². The third-order valence-electron chi connectivity index (χ3n) is 5.60. The quantitative estimate of drug-likeness (QED) is 0.494. The van der Waals surface area contributed by atoms with Gasteiger partial charge >= 0.3 is 0 Å². The van der Waals surface area contributed by atoms with Crippen molar-refractivity contribution >= 4 is 29.3 Å². The van der Waals surface area contributed by atoms with Gasteiger partial charge in [0, 0.05) is 24.8 Å². The maximum atomic E-state index is 13.0. The Morgan fingerprint density at radius 3 is 2.39 bits per heavy atom. The van der Waals surface area contributed by atoms with E-state index in [0.29, 0.717) is 22.3 Å². The number of carbonyl (C=O) groups excluding carboxylic acids is 1. The molecule has 0 radical (unpaired) electrons. The van der Waals surface area contributed by atoms with E-state index in [-0.39, 0.29) is 5.91 Å². The fraction of sp³-hybridized carbons (Fsp3) is 0.375. The van der Waals surface area contributed by atoms with E-state index in [2.05, 4.69) is 56.2 Å². The van der Waals surface area contributed by atoms with Crippen LogP contribution < -0.4 is 19.7 Å². The third-order valence-corrected chi connectivity index (χ3v) is 6.64. The van der Waals surface area contributed by atoms with Crippen LogP contribution >= 0.6 is 11.8 Å². The largest absolute Gasteiger partial charge is 0.493 e. The molecule has 1 unspecified atom stereocenters. The Morgan fingerprint density at radius 1 is 1.03 bits per heavy atom. The first-order chi connectivity index (χ1) is 16.0. The SMILES string of the molecule is COc1ccc(NC(=O)C(C)Sc2nnc(N3CCCC3)n2-c2ccc(C)cc2)cc1OC. The summed E-state index contributed by atoms with van der Waals surface area (Å²) in [4.78, 5) is 15.2. The summed E-state index contributed by atoms with van der Waals surface area (Å²) >= 11 is 1.39. The molecule has 9 heteroatoms. The van der Waals surface area contributed by atoms with Gasteiger partial charge in [-0.3, -0.25) is 9.36 Å². The lowest BCUT2D eigenvalue weighted by atomic mass is 10.2. The Morgan fingerprint density at radius 2 is 1.73 bits per heavy atom. The Hall–Kier alpha value is -3.20. The molecule has 8 nitrogen and oxygen atoms in total. The van der Waals surface area contributed by atoms with Crippen molar-refractivity contribution in [1.29, 1.82) is 0 Å². The van der Waals surface area contributed by atoms with Gasteiger partial charge in [0.25, 0.3) is 0 Å². The summed E-state index contributed by atoms with van der Waals surface area (Å²) in [5.74, 6) is 1.86. The van der Waals surface area contributed by atoms with Crippen molar-refractivity contribution in [2.45, 2.75) is 37.1 Å². The summed E-state index contributed by atoms with van der Waals surface area (Å²) < 4.78 is 12.6. The molecule has 33 heavy (non-hydrogen) atoms. The van der Waals surface area contributed by atoms with E-state index in [1.54, 1.807) is 32.4 Å². The van der Waals surface area contributed by atoms with Gasteiger partial charge in [-0.25, -0.2) is 0 Å². The summed E-state index contributed by atoms with van der Waals surface area (Å²) in [6, 6.07) is 13.6. The molecular formula is C24H29N5O3S. The molecule has 2 heterocycles. The van der Waals surface area contributed by atoms with E-state index >= 15 is 0 Å². The van der Waals surface area contributed by atoms with Crippen molar-refractivity contribution in [3.63, 3.8) is 0 Å². The zero-order valence-electron chi connectivity index (χ0n) is 19.4. The van der Waals surface area contributed by atoms with Crippen molar-refractivity contribution in [3.05, 3.63) is 48.0 Å². The van der Waals surface area contributed by atoms with Crippen molar-refractivity contribution in [3.8, 4) is 17.2 Å². The van der Waals surface area contributed by atoms with Gasteiger partial charge in [0.05, 0.1) is 25.2 Å². The summed E-state index contributed by atoms with van der Waals surface area (Å²) in [5.41, 5.74) is 2.82. The standard InChI is InChI=1S/C24H29N5O3S/c1-16-7-10-19(11-8-16)29-23(28-13-5-6-14-28)26-27-24(29)33-17(2)22(30)25-18-9-12-20(31-3)21(15-18)32-4/h7-12,15,17H,5-6,13-14H2,1-4H3,(H,25,30). The molecule has 1 N–H and O–H groups in total. The highest BCUT2D eigenvalue weighted by molar-refractivity contribution is 8.00. The Balaban J connectivity index is 1.55. The number of thioether (sulfide) groups is 1. The molecule has 0 aliphatic carbocycles. The monoisotopic (exact) mass is 467 g/mol. The molecule has 0 bridgehead atoms. The second-order valence-electron chi connectivity index (χ2n) is 7.97. The van der Waals surface area contributed by atoms with Crippen LogP contribution in [0.4, 0.5) is 11.6 Å². The second-order valence-corrected chi connectivity index (χ2v) is 9.27. The number of aryl methyl sites for hydroxylation is 1.